The summed E-state index contributed by atoms with van der Waals surface area (Å²) in [5.74, 6) is 7.43. The molecule has 0 aromatic heterocycles. The Morgan fingerprint density at radius 2 is 2.17 bits per heavy atom. The standard InChI is InChI=1S/C14H20N2O2/c1-17-12-7-4-11(5-8-12)6-9-13(16-15)14-3-2-10-18-14/h3-5,7-8,13,16H,2,6,9-10,15H2,1H3. The smallest absolute Gasteiger partial charge is 0.118 e. The average molecular weight is 248 g/mol. The van der Waals surface area contributed by atoms with Gasteiger partial charge in [0.1, 0.15) is 11.5 Å². The Labute approximate surface area is 108 Å². The zero-order valence-electron chi connectivity index (χ0n) is 10.7. The highest BCUT2D eigenvalue weighted by Gasteiger charge is 2.17. The first kappa shape index (κ1) is 12.9. The normalized spacial score (nSPS) is 16.0. The van der Waals surface area contributed by atoms with Crippen LogP contribution in [0.3, 0.4) is 0 Å². The lowest BCUT2D eigenvalue weighted by Crippen LogP contribution is -2.37. The highest BCUT2D eigenvalue weighted by Crippen LogP contribution is 2.18. The van der Waals surface area contributed by atoms with E-state index in [4.69, 9.17) is 15.3 Å². The van der Waals surface area contributed by atoms with Crippen molar-refractivity contribution in [3.8, 4) is 5.75 Å². The Balaban J connectivity index is 1.88. The van der Waals surface area contributed by atoms with Crippen molar-refractivity contribution in [2.45, 2.75) is 25.3 Å². The monoisotopic (exact) mass is 248 g/mol. The van der Waals surface area contributed by atoms with Crippen LogP contribution in [0.5, 0.6) is 5.75 Å². The van der Waals surface area contributed by atoms with Crippen molar-refractivity contribution < 1.29 is 9.47 Å². The summed E-state index contributed by atoms with van der Waals surface area (Å²) in [5, 5.41) is 0. The first-order valence-corrected chi connectivity index (χ1v) is 6.25. The molecule has 0 radical (unpaired) electrons. The van der Waals surface area contributed by atoms with Crippen molar-refractivity contribution in [2.75, 3.05) is 13.7 Å². The lowest BCUT2D eigenvalue weighted by molar-refractivity contribution is 0.212. The molecule has 4 heteroatoms. The van der Waals surface area contributed by atoms with E-state index in [9.17, 15) is 0 Å². The number of rotatable bonds is 6. The molecule has 0 saturated carbocycles. The van der Waals surface area contributed by atoms with Crippen LogP contribution in [0, 0.1) is 0 Å². The van der Waals surface area contributed by atoms with Gasteiger partial charge in [-0.3, -0.25) is 5.84 Å². The minimum atomic E-state index is 0.106. The molecule has 18 heavy (non-hydrogen) atoms. The lowest BCUT2D eigenvalue weighted by atomic mass is 10.0. The molecule has 1 atom stereocenters. The molecule has 1 aliphatic rings. The van der Waals surface area contributed by atoms with Gasteiger partial charge in [-0.2, -0.15) is 0 Å². The van der Waals surface area contributed by atoms with Crippen LogP contribution < -0.4 is 16.0 Å². The highest BCUT2D eigenvalue weighted by molar-refractivity contribution is 5.27. The lowest BCUT2D eigenvalue weighted by Gasteiger charge is -2.17. The molecule has 1 unspecified atom stereocenters. The molecular weight excluding hydrogens is 228 g/mol. The Bertz CT molecular complexity index is 401. The van der Waals surface area contributed by atoms with Crippen LogP contribution in [0.15, 0.2) is 36.1 Å². The van der Waals surface area contributed by atoms with Gasteiger partial charge in [0.15, 0.2) is 0 Å². The fraction of sp³-hybridized carbons (Fsp3) is 0.429. The average Bonchev–Trinajstić information content (AvgIpc) is 2.94. The number of nitrogens with one attached hydrogen (secondary N) is 1. The summed E-state index contributed by atoms with van der Waals surface area (Å²) in [7, 11) is 1.67. The van der Waals surface area contributed by atoms with Gasteiger partial charge >= 0.3 is 0 Å². The number of benzene rings is 1. The zero-order chi connectivity index (χ0) is 12.8. The second kappa shape index (κ2) is 6.42. The third-order valence-corrected chi connectivity index (χ3v) is 3.16. The molecule has 0 aliphatic carbocycles. The quantitative estimate of drug-likeness (QED) is 0.595. The summed E-state index contributed by atoms with van der Waals surface area (Å²) < 4.78 is 10.7. The van der Waals surface area contributed by atoms with Crippen molar-refractivity contribution >= 4 is 0 Å². The van der Waals surface area contributed by atoms with Crippen LogP contribution in [-0.4, -0.2) is 19.8 Å². The van der Waals surface area contributed by atoms with E-state index in [1.165, 1.54) is 5.56 Å². The topological polar surface area (TPSA) is 56.5 Å². The van der Waals surface area contributed by atoms with Crippen molar-refractivity contribution in [1.29, 1.82) is 0 Å². The van der Waals surface area contributed by atoms with Crippen molar-refractivity contribution in [3.05, 3.63) is 41.7 Å². The SMILES string of the molecule is COc1ccc(CCC(NN)C2=CCCO2)cc1. The van der Waals surface area contributed by atoms with Gasteiger partial charge in [-0.1, -0.05) is 12.1 Å². The number of nitrogens with two attached hydrogens (primary N) is 1. The van der Waals surface area contributed by atoms with Gasteiger partial charge in [0.05, 0.1) is 19.8 Å². The van der Waals surface area contributed by atoms with Crippen molar-refractivity contribution in [3.63, 3.8) is 0 Å². The van der Waals surface area contributed by atoms with E-state index in [-0.39, 0.29) is 6.04 Å². The predicted octanol–water partition coefficient (Wildman–Crippen LogP) is 1.76. The van der Waals surface area contributed by atoms with E-state index in [0.717, 1.165) is 37.4 Å². The number of aryl methyl sites for hydroxylation is 1. The molecule has 0 saturated heterocycles. The number of ether oxygens (including phenoxy) is 2. The summed E-state index contributed by atoms with van der Waals surface area (Å²) in [6.07, 6.45) is 4.98. The molecule has 0 spiro atoms. The molecular formula is C14H20N2O2. The molecule has 1 aromatic rings. The maximum Gasteiger partial charge on any atom is 0.118 e. The van der Waals surface area contributed by atoms with Crippen LogP contribution in [0.1, 0.15) is 18.4 Å². The zero-order valence-corrected chi connectivity index (χ0v) is 10.7. The van der Waals surface area contributed by atoms with Crippen LogP contribution in [-0.2, 0) is 11.2 Å². The molecule has 1 aliphatic heterocycles. The first-order chi connectivity index (χ1) is 8.83. The molecule has 1 heterocycles. The van der Waals surface area contributed by atoms with Crippen LogP contribution in [0.25, 0.3) is 0 Å². The van der Waals surface area contributed by atoms with Gasteiger partial charge in [-0.05, 0) is 36.6 Å². The summed E-state index contributed by atoms with van der Waals surface area (Å²) in [6, 6.07) is 8.22. The predicted molar refractivity (Wildman–Crippen MR) is 71.1 cm³/mol. The summed E-state index contributed by atoms with van der Waals surface area (Å²) in [5.41, 5.74) is 4.09. The Kier molecular flexibility index (Phi) is 4.61. The fourth-order valence-electron chi connectivity index (χ4n) is 2.09. The molecule has 0 fully saturated rings. The largest absolute Gasteiger partial charge is 0.497 e. The maximum atomic E-state index is 5.57. The maximum absolute atomic E-state index is 5.57. The molecule has 2 rings (SSSR count). The van der Waals surface area contributed by atoms with E-state index in [1.54, 1.807) is 7.11 Å². The molecule has 0 amide bonds. The minimum absolute atomic E-state index is 0.106. The van der Waals surface area contributed by atoms with Gasteiger partial charge in [0.2, 0.25) is 0 Å². The van der Waals surface area contributed by atoms with Crippen LogP contribution in [0.2, 0.25) is 0 Å². The molecule has 4 nitrogen and oxygen atoms in total. The van der Waals surface area contributed by atoms with Gasteiger partial charge in [0.25, 0.3) is 0 Å². The van der Waals surface area contributed by atoms with E-state index >= 15 is 0 Å². The Hall–Kier alpha value is -1.52. The summed E-state index contributed by atoms with van der Waals surface area (Å²) in [4.78, 5) is 0. The van der Waals surface area contributed by atoms with Crippen molar-refractivity contribution in [1.82, 2.24) is 5.43 Å². The third-order valence-electron chi connectivity index (χ3n) is 3.16. The van der Waals surface area contributed by atoms with E-state index in [0.29, 0.717) is 0 Å². The van der Waals surface area contributed by atoms with Gasteiger partial charge < -0.3 is 9.47 Å². The molecule has 3 N–H and O–H groups in total. The van der Waals surface area contributed by atoms with E-state index < -0.39 is 0 Å². The summed E-state index contributed by atoms with van der Waals surface area (Å²) in [6.45, 7) is 0.774. The molecule has 1 aromatic carbocycles. The first-order valence-electron chi connectivity index (χ1n) is 6.25. The third kappa shape index (κ3) is 3.24. The van der Waals surface area contributed by atoms with Gasteiger partial charge in [-0.25, -0.2) is 5.43 Å². The van der Waals surface area contributed by atoms with Crippen molar-refractivity contribution in [2.24, 2.45) is 5.84 Å². The Morgan fingerprint density at radius 1 is 1.39 bits per heavy atom. The Morgan fingerprint density at radius 3 is 2.72 bits per heavy atom. The number of hydrogen-bond acceptors (Lipinski definition) is 4. The second-order valence-corrected chi connectivity index (χ2v) is 4.35. The van der Waals surface area contributed by atoms with Crippen LogP contribution in [0.4, 0.5) is 0 Å². The fourth-order valence-corrected chi connectivity index (χ4v) is 2.09. The van der Waals surface area contributed by atoms with Gasteiger partial charge in [0, 0.05) is 6.42 Å². The number of methoxy groups -OCH3 is 1. The highest BCUT2D eigenvalue weighted by atomic mass is 16.5. The molecule has 98 valence electrons. The number of hydrogen-bond donors (Lipinski definition) is 2. The van der Waals surface area contributed by atoms with Gasteiger partial charge in [-0.15, -0.1) is 0 Å². The summed E-state index contributed by atoms with van der Waals surface area (Å²) >= 11 is 0. The second-order valence-electron chi connectivity index (χ2n) is 4.35. The van der Waals surface area contributed by atoms with Crippen LogP contribution >= 0.6 is 0 Å². The number of hydrazine groups is 1. The molecule has 0 bridgehead atoms. The van der Waals surface area contributed by atoms with E-state index in [1.807, 2.05) is 12.1 Å². The minimum Gasteiger partial charge on any atom is -0.497 e. The van der Waals surface area contributed by atoms with E-state index in [2.05, 4.69) is 23.6 Å².